The standard InChI is InChI=1S/C136H94N2Si3/c1-7-31-95(32-8-1)101-55-69-111(70-56-101)139(112-71-57-102(58-72-112)96-33-9-2-10-34-96,113-81-85-119(86-82-113)140(115-73-59-103(60-74-115)97-35-11-3-12-36-97,116-75-61-104(62-76-116)98-37-13-4-14-38-98)137-133-53-29-27-51-127(133)131-93-109(67-89-135(131)137)129-91-107-43-19-21-45-121(107)123-47-23-25-49-125(123)129)114-83-87-120(88-84-114)141(117-77-63-105(64-78-117)99-39-15-5-16-40-99,118-79-65-106(66-80-118)100-41-17-6-18-42-100)138-134-54-30-28-52-128(134)132-94-110(68-90-136(132)138)130-92-108-44-20-22-46-122(108)124-48-24-26-50-126(124)130/h1-94H. The third kappa shape index (κ3) is 14.2. The monoisotopic (exact) mass is 1840 g/mol. The Morgan fingerprint density at radius 3 is 0.567 bits per heavy atom. The predicted octanol–water partition coefficient (Wildman–Crippen LogP) is 28.3. The quantitative estimate of drug-likeness (QED) is 0.0409. The maximum absolute atomic E-state index is 3.72. The van der Waals surface area contributed by atoms with Crippen LogP contribution < -0.4 is 51.9 Å². The zero-order valence-electron chi connectivity index (χ0n) is 77.7. The van der Waals surface area contributed by atoms with Crippen LogP contribution in [0, 0.1) is 0 Å². The van der Waals surface area contributed by atoms with Crippen molar-refractivity contribution in [2.24, 2.45) is 0 Å². The van der Waals surface area contributed by atoms with Crippen molar-refractivity contribution in [2.75, 3.05) is 0 Å². The van der Waals surface area contributed by atoms with Gasteiger partial charge < -0.3 is 8.47 Å². The highest BCUT2D eigenvalue weighted by atomic mass is 28.3. The molecular formula is C136H94N2Si3. The molecule has 5 heteroatoms. The summed E-state index contributed by atoms with van der Waals surface area (Å²) in [4.78, 5) is 0. The van der Waals surface area contributed by atoms with Crippen molar-refractivity contribution in [3.8, 4) is 89.0 Å². The van der Waals surface area contributed by atoms with Crippen LogP contribution in [0.3, 0.4) is 0 Å². The molecule has 0 spiro atoms. The van der Waals surface area contributed by atoms with Crippen LogP contribution in [0.2, 0.25) is 0 Å². The van der Waals surface area contributed by atoms with E-state index in [1.807, 2.05) is 0 Å². The zero-order chi connectivity index (χ0) is 93.4. The normalized spacial score (nSPS) is 12.0. The highest BCUT2D eigenvalue weighted by Gasteiger charge is 2.49. The fraction of sp³-hybridized carbons (Fsp3) is 0. The Morgan fingerprint density at radius 2 is 0.298 bits per heavy atom. The molecule has 0 amide bonds. The van der Waals surface area contributed by atoms with E-state index in [9.17, 15) is 0 Å². The minimum absolute atomic E-state index is 1.17. The topological polar surface area (TPSA) is 9.86 Å². The number of nitrogens with zero attached hydrogens (tertiary/aromatic N) is 2. The second kappa shape index (κ2) is 35.3. The first-order chi connectivity index (χ1) is 69.9. The maximum atomic E-state index is 2.85. The largest absolute Gasteiger partial charge is 0.355 e. The van der Waals surface area contributed by atoms with E-state index >= 15 is 0 Å². The smallest absolute Gasteiger partial charge is 0.257 e. The Labute approximate surface area is 824 Å². The molecule has 2 heterocycles. The molecule has 2 nitrogen and oxygen atoms in total. The molecule has 0 unspecified atom stereocenters. The van der Waals surface area contributed by atoms with Crippen LogP contribution in [0.15, 0.2) is 570 Å². The number of rotatable bonds is 20. The van der Waals surface area contributed by atoms with Gasteiger partial charge in [0.1, 0.15) is 0 Å². The minimum Gasteiger partial charge on any atom is -0.355 e. The molecule has 141 heavy (non-hydrogen) atoms. The Bertz CT molecular complexity index is 8470. The summed E-state index contributed by atoms with van der Waals surface area (Å²) in [6.45, 7) is 0. The third-order valence-electron chi connectivity index (χ3n) is 30.1. The van der Waals surface area contributed by atoms with Crippen LogP contribution in [0.25, 0.3) is 176 Å². The second-order valence-electron chi connectivity index (χ2n) is 37.5. The van der Waals surface area contributed by atoms with Gasteiger partial charge in [0.15, 0.2) is 8.07 Å². The van der Waals surface area contributed by atoms with Gasteiger partial charge in [-0.2, -0.15) is 0 Å². The van der Waals surface area contributed by atoms with Gasteiger partial charge in [0.25, 0.3) is 16.5 Å². The average molecular weight is 1840 g/mol. The molecule has 0 N–H and O–H groups in total. The summed E-state index contributed by atoms with van der Waals surface area (Å²) in [5.74, 6) is 0. The highest BCUT2D eigenvalue weighted by molar-refractivity contribution is 7.20. The van der Waals surface area contributed by atoms with Crippen molar-refractivity contribution >= 4 is 163 Å². The summed E-state index contributed by atoms with van der Waals surface area (Å²) < 4.78 is 5.70. The van der Waals surface area contributed by atoms with Gasteiger partial charge >= 0.3 is 0 Å². The van der Waals surface area contributed by atoms with Crippen LogP contribution in [0.5, 0.6) is 0 Å². The number of para-hydroxylation sites is 2. The second-order valence-corrected chi connectivity index (χ2v) is 48.5. The molecule has 0 aliphatic rings. The summed E-state index contributed by atoms with van der Waals surface area (Å²) in [5, 5.41) is 27.4. The molecule has 0 saturated heterocycles. The van der Waals surface area contributed by atoms with Gasteiger partial charge in [0.05, 0.1) is 0 Å². The summed E-state index contributed by atoms with van der Waals surface area (Å²) in [7, 11) is -11.1. The van der Waals surface area contributed by atoms with E-state index in [1.165, 1.54) is 228 Å². The first kappa shape index (κ1) is 84.1. The summed E-state index contributed by atoms with van der Waals surface area (Å²) in [6, 6.07) is 218. The number of aromatic nitrogens is 2. The lowest BCUT2D eigenvalue weighted by Crippen LogP contribution is -2.76. The van der Waals surface area contributed by atoms with Crippen molar-refractivity contribution < 1.29 is 0 Å². The van der Waals surface area contributed by atoms with Crippen LogP contribution in [0.4, 0.5) is 0 Å². The Morgan fingerprint density at radius 1 is 0.113 bits per heavy atom. The molecule has 0 radical (unpaired) electrons. The van der Waals surface area contributed by atoms with Crippen LogP contribution in [-0.4, -0.2) is 33.0 Å². The van der Waals surface area contributed by atoms with Crippen LogP contribution >= 0.6 is 0 Å². The highest BCUT2D eigenvalue weighted by Crippen LogP contribution is 2.44. The SMILES string of the molecule is c1ccc(-c2ccc([Si](c3ccc(-c4ccccc4)cc3)(c3ccc([Si](c4ccc(-c5ccccc5)cc4)(c4ccc(-c5ccccc5)cc4)n4c5ccccc5c5cc(-c6cc7ccccc7c7ccccc67)ccc54)cc3)c3ccc([Si](c4ccc(-c5ccccc5)cc4)(c4ccc(-c5ccccc5)cc4)n4c5ccccc5c5cc(-c6cc7ccccc7c7ccccc67)ccc54)cc3)cc2)cc1. The first-order valence-electron chi connectivity index (χ1n) is 49.0. The van der Waals surface area contributed by atoms with Gasteiger partial charge in [-0.05, 0) is 233 Å². The summed E-state index contributed by atoms with van der Waals surface area (Å²) in [6.07, 6.45) is 0. The van der Waals surface area contributed by atoms with Gasteiger partial charge in [0, 0.05) is 43.6 Å². The van der Waals surface area contributed by atoms with E-state index in [1.54, 1.807) is 0 Å². The molecule has 0 aliphatic heterocycles. The molecule has 2 aromatic heterocycles. The maximum Gasteiger partial charge on any atom is 0.257 e. The first-order valence-corrected chi connectivity index (χ1v) is 54.9. The molecule has 0 fully saturated rings. The van der Waals surface area contributed by atoms with Gasteiger partial charge in [-0.1, -0.05) is 522 Å². The fourth-order valence-corrected chi connectivity index (χ4v) is 37.8. The van der Waals surface area contributed by atoms with Crippen LogP contribution in [0.1, 0.15) is 0 Å². The number of benzene rings is 24. The van der Waals surface area contributed by atoms with E-state index in [2.05, 4.69) is 579 Å². The molecule has 0 atom stereocenters. The van der Waals surface area contributed by atoms with Gasteiger partial charge in [-0.15, -0.1) is 0 Å². The van der Waals surface area contributed by atoms with Crippen molar-refractivity contribution in [2.45, 2.75) is 0 Å². The molecule has 0 aliphatic carbocycles. The lowest BCUT2D eigenvalue weighted by molar-refractivity contribution is 1.30. The van der Waals surface area contributed by atoms with Gasteiger partial charge in [0.2, 0.25) is 0 Å². The van der Waals surface area contributed by atoms with Crippen molar-refractivity contribution in [1.29, 1.82) is 0 Å². The van der Waals surface area contributed by atoms with E-state index < -0.39 is 24.5 Å². The lowest BCUT2D eigenvalue weighted by atomic mass is 9.93. The Balaban J connectivity index is 0.744. The van der Waals surface area contributed by atoms with Gasteiger partial charge in [-0.3, -0.25) is 0 Å². The Hall–Kier alpha value is -17.4. The molecular weight excluding hydrogens is 1750 g/mol. The molecule has 26 rings (SSSR count). The third-order valence-corrected chi connectivity index (χ3v) is 44.3. The number of fused-ring (bicyclic) bond motifs is 12. The molecule has 660 valence electrons. The molecule has 26 aromatic rings. The van der Waals surface area contributed by atoms with Crippen LogP contribution in [-0.2, 0) is 0 Å². The number of hydrogen-bond acceptors (Lipinski definition) is 0. The fourth-order valence-electron chi connectivity index (χ4n) is 23.5. The minimum atomic E-state index is -3.72. The van der Waals surface area contributed by atoms with E-state index in [0.29, 0.717) is 0 Å². The Kier molecular flexibility index (Phi) is 21.0. The predicted molar refractivity (Wildman–Crippen MR) is 608 cm³/mol. The lowest BCUT2D eigenvalue weighted by Gasteiger charge is -2.39. The van der Waals surface area contributed by atoms with Crippen molar-refractivity contribution in [3.05, 3.63) is 570 Å². The van der Waals surface area contributed by atoms with Gasteiger partial charge in [-0.25, -0.2) is 0 Å². The molecule has 24 aromatic carbocycles. The van der Waals surface area contributed by atoms with E-state index in [0.717, 1.165) is 0 Å². The molecule has 0 saturated carbocycles. The van der Waals surface area contributed by atoms with Crippen molar-refractivity contribution in [1.82, 2.24) is 8.47 Å². The average Bonchev–Trinajstić information content (AvgIpc) is 1.58. The number of hydrogen-bond donors (Lipinski definition) is 0. The molecule has 0 bridgehead atoms. The summed E-state index contributed by atoms with van der Waals surface area (Å²) in [5.41, 5.74) is 23.6. The summed E-state index contributed by atoms with van der Waals surface area (Å²) >= 11 is 0. The van der Waals surface area contributed by atoms with E-state index in [4.69, 9.17) is 0 Å². The zero-order valence-corrected chi connectivity index (χ0v) is 80.7. The van der Waals surface area contributed by atoms with Crippen molar-refractivity contribution in [3.63, 3.8) is 0 Å². The van der Waals surface area contributed by atoms with E-state index in [-0.39, 0.29) is 0 Å².